The van der Waals surface area contributed by atoms with Crippen molar-refractivity contribution in [1.82, 2.24) is 10.6 Å². The van der Waals surface area contributed by atoms with E-state index in [1.807, 2.05) is 6.92 Å². The number of carbonyl (C=O) groups excluding carboxylic acids is 1. The first-order chi connectivity index (χ1) is 9.54. The fourth-order valence-corrected chi connectivity index (χ4v) is 2.77. The monoisotopic (exact) mass is 286 g/mol. The number of carboxylic acid groups (broad SMARTS) is 1. The highest BCUT2D eigenvalue weighted by Crippen LogP contribution is 2.29. The van der Waals surface area contributed by atoms with Crippen molar-refractivity contribution in [2.75, 3.05) is 26.8 Å². The SMILES string of the molecule is COCC(C)NC(=O)CNCC1CCCCC1C(=O)O. The third-order valence-corrected chi connectivity index (χ3v) is 3.74. The largest absolute Gasteiger partial charge is 0.481 e. The molecular weight excluding hydrogens is 260 g/mol. The molecule has 0 saturated heterocycles. The van der Waals surface area contributed by atoms with Crippen molar-refractivity contribution in [3.05, 3.63) is 0 Å². The van der Waals surface area contributed by atoms with Crippen molar-refractivity contribution < 1.29 is 19.4 Å². The number of nitrogens with one attached hydrogen (secondary N) is 2. The summed E-state index contributed by atoms with van der Waals surface area (Å²) < 4.78 is 4.94. The summed E-state index contributed by atoms with van der Waals surface area (Å²) in [6, 6.07) is -0.0178. The fourth-order valence-electron chi connectivity index (χ4n) is 2.77. The van der Waals surface area contributed by atoms with E-state index >= 15 is 0 Å². The summed E-state index contributed by atoms with van der Waals surface area (Å²) in [7, 11) is 1.59. The molecule has 0 aromatic rings. The Hall–Kier alpha value is -1.14. The van der Waals surface area contributed by atoms with Crippen LogP contribution in [0, 0.1) is 11.8 Å². The molecular formula is C14H26N2O4. The van der Waals surface area contributed by atoms with Gasteiger partial charge in [-0.3, -0.25) is 9.59 Å². The van der Waals surface area contributed by atoms with E-state index in [4.69, 9.17) is 4.74 Å². The summed E-state index contributed by atoms with van der Waals surface area (Å²) in [6.07, 6.45) is 3.74. The molecule has 20 heavy (non-hydrogen) atoms. The van der Waals surface area contributed by atoms with Crippen LogP contribution in [0.1, 0.15) is 32.6 Å². The van der Waals surface area contributed by atoms with Crippen LogP contribution in [-0.4, -0.2) is 49.8 Å². The molecule has 1 amide bonds. The summed E-state index contributed by atoms with van der Waals surface area (Å²) >= 11 is 0. The number of ether oxygens (including phenoxy) is 1. The molecule has 0 radical (unpaired) electrons. The van der Waals surface area contributed by atoms with E-state index in [1.54, 1.807) is 7.11 Å². The van der Waals surface area contributed by atoms with Gasteiger partial charge in [0.05, 0.1) is 19.1 Å². The second-order valence-corrected chi connectivity index (χ2v) is 5.54. The Morgan fingerprint density at radius 1 is 1.35 bits per heavy atom. The van der Waals surface area contributed by atoms with Crippen molar-refractivity contribution in [3.8, 4) is 0 Å². The Labute approximate surface area is 120 Å². The van der Waals surface area contributed by atoms with Gasteiger partial charge in [0.2, 0.25) is 5.91 Å². The summed E-state index contributed by atoms with van der Waals surface area (Å²) in [4.78, 5) is 22.8. The summed E-state index contributed by atoms with van der Waals surface area (Å²) in [5.41, 5.74) is 0. The van der Waals surface area contributed by atoms with Crippen LogP contribution >= 0.6 is 0 Å². The number of carboxylic acids is 1. The van der Waals surface area contributed by atoms with Crippen molar-refractivity contribution in [3.63, 3.8) is 0 Å². The highest BCUT2D eigenvalue weighted by molar-refractivity contribution is 5.78. The van der Waals surface area contributed by atoms with Gasteiger partial charge in [-0.2, -0.15) is 0 Å². The van der Waals surface area contributed by atoms with Crippen molar-refractivity contribution in [2.45, 2.75) is 38.6 Å². The lowest BCUT2D eigenvalue weighted by molar-refractivity contribution is -0.144. The third kappa shape index (κ3) is 5.88. The van der Waals surface area contributed by atoms with Crippen LogP contribution in [0.3, 0.4) is 0 Å². The van der Waals surface area contributed by atoms with Crippen LogP contribution in [0.5, 0.6) is 0 Å². The van der Waals surface area contributed by atoms with E-state index in [1.165, 1.54) is 0 Å². The molecule has 6 heteroatoms. The van der Waals surface area contributed by atoms with Crippen molar-refractivity contribution in [2.24, 2.45) is 11.8 Å². The van der Waals surface area contributed by atoms with Crippen LogP contribution in [0.15, 0.2) is 0 Å². The molecule has 0 aromatic carbocycles. The number of methoxy groups -OCH3 is 1. The molecule has 0 bridgehead atoms. The van der Waals surface area contributed by atoms with Crippen LogP contribution < -0.4 is 10.6 Å². The van der Waals surface area contributed by atoms with E-state index in [9.17, 15) is 14.7 Å². The summed E-state index contributed by atoms with van der Waals surface area (Å²) in [5, 5.41) is 15.1. The lowest BCUT2D eigenvalue weighted by atomic mass is 9.79. The molecule has 3 N–H and O–H groups in total. The average Bonchev–Trinajstić information content (AvgIpc) is 2.39. The van der Waals surface area contributed by atoms with Crippen molar-refractivity contribution >= 4 is 11.9 Å². The standard InChI is InChI=1S/C14H26N2O4/c1-10(9-20-2)16-13(17)8-15-7-11-5-3-4-6-12(11)14(18)19/h10-12,15H,3-9H2,1-2H3,(H,16,17)(H,18,19). The molecule has 116 valence electrons. The Morgan fingerprint density at radius 2 is 2.05 bits per heavy atom. The van der Waals surface area contributed by atoms with Gasteiger partial charge in [-0.25, -0.2) is 0 Å². The number of aliphatic carboxylic acids is 1. The van der Waals surface area contributed by atoms with Gasteiger partial charge < -0.3 is 20.5 Å². The highest BCUT2D eigenvalue weighted by atomic mass is 16.5. The normalized spacial score (nSPS) is 24.1. The molecule has 3 atom stereocenters. The Morgan fingerprint density at radius 3 is 2.70 bits per heavy atom. The van der Waals surface area contributed by atoms with E-state index in [0.29, 0.717) is 13.2 Å². The van der Waals surface area contributed by atoms with Gasteiger partial charge in [-0.05, 0) is 32.2 Å². The molecule has 1 saturated carbocycles. The third-order valence-electron chi connectivity index (χ3n) is 3.74. The zero-order chi connectivity index (χ0) is 15.0. The first-order valence-corrected chi connectivity index (χ1v) is 7.26. The lowest BCUT2D eigenvalue weighted by Gasteiger charge is -2.28. The Bertz CT molecular complexity index is 322. The molecule has 0 heterocycles. The number of carbonyl (C=O) groups is 2. The first-order valence-electron chi connectivity index (χ1n) is 7.26. The molecule has 3 unspecified atom stereocenters. The minimum absolute atomic E-state index is 0.0178. The van der Waals surface area contributed by atoms with Gasteiger partial charge in [0.1, 0.15) is 0 Å². The maximum absolute atomic E-state index is 11.6. The van der Waals surface area contributed by atoms with Crippen LogP contribution in [0.4, 0.5) is 0 Å². The van der Waals surface area contributed by atoms with E-state index < -0.39 is 5.97 Å². The van der Waals surface area contributed by atoms with Gasteiger partial charge in [0.25, 0.3) is 0 Å². The van der Waals surface area contributed by atoms with E-state index in [2.05, 4.69) is 10.6 Å². The van der Waals surface area contributed by atoms with Crippen LogP contribution in [0.2, 0.25) is 0 Å². The molecule has 1 aliphatic rings. The smallest absolute Gasteiger partial charge is 0.306 e. The van der Waals surface area contributed by atoms with Crippen LogP contribution in [0.25, 0.3) is 0 Å². The minimum Gasteiger partial charge on any atom is -0.481 e. The number of hydrogen-bond acceptors (Lipinski definition) is 4. The maximum atomic E-state index is 11.6. The Kier molecular flexibility index (Phi) is 7.54. The quantitative estimate of drug-likeness (QED) is 0.609. The molecule has 1 aliphatic carbocycles. The lowest BCUT2D eigenvalue weighted by Crippen LogP contribution is -2.43. The molecule has 6 nitrogen and oxygen atoms in total. The fraction of sp³-hybridized carbons (Fsp3) is 0.857. The van der Waals surface area contributed by atoms with Gasteiger partial charge in [-0.1, -0.05) is 12.8 Å². The second kappa shape index (κ2) is 8.92. The Balaban J connectivity index is 2.25. The zero-order valence-electron chi connectivity index (χ0n) is 12.4. The number of amides is 1. The van der Waals surface area contributed by atoms with Crippen LogP contribution in [-0.2, 0) is 14.3 Å². The molecule has 1 fully saturated rings. The second-order valence-electron chi connectivity index (χ2n) is 5.54. The maximum Gasteiger partial charge on any atom is 0.306 e. The number of hydrogen-bond donors (Lipinski definition) is 3. The predicted molar refractivity (Wildman–Crippen MR) is 75.4 cm³/mol. The van der Waals surface area contributed by atoms with Gasteiger partial charge >= 0.3 is 5.97 Å². The molecule has 0 aromatic heterocycles. The van der Waals surface area contributed by atoms with Gasteiger partial charge in [0.15, 0.2) is 0 Å². The topological polar surface area (TPSA) is 87.7 Å². The molecule has 1 rings (SSSR count). The molecule has 0 aliphatic heterocycles. The minimum atomic E-state index is -0.713. The molecule has 0 spiro atoms. The van der Waals surface area contributed by atoms with Crippen molar-refractivity contribution in [1.29, 1.82) is 0 Å². The van der Waals surface area contributed by atoms with Gasteiger partial charge in [0, 0.05) is 13.2 Å². The summed E-state index contributed by atoms with van der Waals surface area (Å²) in [5.74, 6) is -0.941. The number of rotatable bonds is 8. The average molecular weight is 286 g/mol. The van der Waals surface area contributed by atoms with Gasteiger partial charge in [-0.15, -0.1) is 0 Å². The predicted octanol–water partition coefficient (Wildman–Crippen LogP) is 0.618. The first kappa shape index (κ1) is 16.9. The summed E-state index contributed by atoms with van der Waals surface area (Å²) in [6.45, 7) is 3.17. The van der Waals surface area contributed by atoms with E-state index in [-0.39, 0.29) is 30.3 Å². The highest BCUT2D eigenvalue weighted by Gasteiger charge is 2.30. The van der Waals surface area contributed by atoms with E-state index in [0.717, 1.165) is 25.7 Å². The zero-order valence-corrected chi connectivity index (χ0v) is 12.4.